The summed E-state index contributed by atoms with van der Waals surface area (Å²) in [6.45, 7) is 0.374. The van der Waals surface area contributed by atoms with Gasteiger partial charge in [0.15, 0.2) is 11.6 Å². The summed E-state index contributed by atoms with van der Waals surface area (Å²) in [5, 5.41) is 9.06. The Labute approximate surface area is 247 Å². The molecule has 0 saturated heterocycles. The topological polar surface area (TPSA) is 96.2 Å². The predicted octanol–water partition coefficient (Wildman–Crippen LogP) is 6.26. The fraction of sp³-hybridized carbons (Fsp3) is 0.312. The van der Waals surface area contributed by atoms with Crippen LogP contribution in [0.15, 0.2) is 54.9 Å². The number of aromatic nitrogens is 5. The molecule has 1 aliphatic carbocycles. The molecule has 0 atom stereocenters. The van der Waals surface area contributed by atoms with Gasteiger partial charge in [-0.05, 0) is 37.8 Å². The molecular weight excluding hydrogens is 554 g/mol. The van der Waals surface area contributed by atoms with E-state index in [4.69, 9.17) is 29.3 Å². The molecule has 0 amide bonds. The normalized spacial score (nSPS) is 13.0. The quantitative estimate of drug-likeness (QED) is 0.151. The lowest BCUT2D eigenvalue weighted by Crippen LogP contribution is -2.09. The van der Waals surface area contributed by atoms with Gasteiger partial charge in [0.2, 0.25) is 0 Å². The number of halogens is 2. The van der Waals surface area contributed by atoms with Crippen LogP contribution < -0.4 is 14.8 Å². The average Bonchev–Trinajstić information content (AvgIpc) is 3.20. The molecule has 0 bridgehead atoms. The molecule has 0 fully saturated rings. The minimum Gasteiger partial charge on any atom is -0.493 e. The molecule has 222 valence electrons. The fourth-order valence-corrected chi connectivity index (χ4v) is 5.37. The molecular formula is C32H32F2N6O3. The Morgan fingerprint density at radius 3 is 2.58 bits per heavy atom. The van der Waals surface area contributed by atoms with Crippen LogP contribution in [0.25, 0.3) is 22.4 Å². The fourth-order valence-electron chi connectivity index (χ4n) is 5.37. The number of hydrogen-bond acceptors (Lipinski definition) is 8. The van der Waals surface area contributed by atoms with Crippen molar-refractivity contribution in [2.75, 3.05) is 32.8 Å². The molecule has 5 aromatic rings. The van der Waals surface area contributed by atoms with E-state index in [0.717, 1.165) is 54.4 Å². The number of anilines is 2. The lowest BCUT2D eigenvalue weighted by Gasteiger charge is -2.16. The lowest BCUT2D eigenvalue weighted by atomic mass is 10.1. The third-order valence-corrected chi connectivity index (χ3v) is 7.54. The highest BCUT2D eigenvalue weighted by molar-refractivity contribution is 5.92. The SMILES string of the molecule is COCCOc1cc(F)c(Cn2nc(-c3nc4c(c(Nc5ccncc5OC)n3)CCCCC4)c3ccccc32)c(F)c1. The van der Waals surface area contributed by atoms with E-state index >= 15 is 8.78 Å². The van der Waals surface area contributed by atoms with Crippen LogP contribution in [-0.2, 0) is 24.1 Å². The van der Waals surface area contributed by atoms with Crippen molar-refractivity contribution >= 4 is 22.4 Å². The summed E-state index contributed by atoms with van der Waals surface area (Å²) < 4.78 is 47.7. The second-order valence-corrected chi connectivity index (χ2v) is 10.3. The van der Waals surface area contributed by atoms with Crippen molar-refractivity contribution in [2.45, 2.75) is 38.6 Å². The van der Waals surface area contributed by atoms with E-state index in [1.54, 1.807) is 24.2 Å². The highest BCUT2D eigenvalue weighted by Gasteiger charge is 2.23. The summed E-state index contributed by atoms with van der Waals surface area (Å²) in [5.41, 5.74) is 3.91. The number of pyridine rings is 1. The molecule has 2 aromatic carbocycles. The molecule has 9 nitrogen and oxygen atoms in total. The Balaban J connectivity index is 1.41. The first-order valence-electron chi connectivity index (χ1n) is 14.3. The highest BCUT2D eigenvalue weighted by Crippen LogP contribution is 2.34. The standard InChI is InChI=1S/C32H32F2N6O3/c1-41-14-15-43-20-16-24(33)23(25(34)17-20)19-40-28-11-7-6-9-22(28)30(39-40)32-36-26-10-5-3-4-8-21(26)31(38-32)37-27-12-13-35-18-29(27)42-2/h6-7,9,11-13,16-18H,3-5,8,10,14-15,19H2,1-2H3,(H,35,36,37,38). The predicted molar refractivity (Wildman–Crippen MR) is 159 cm³/mol. The molecule has 1 N–H and O–H groups in total. The van der Waals surface area contributed by atoms with Gasteiger partial charge in [-0.15, -0.1) is 0 Å². The third-order valence-electron chi connectivity index (χ3n) is 7.54. The van der Waals surface area contributed by atoms with Crippen molar-refractivity contribution in [3.05, 3.63) is 83.3 Å². The van der Waals surface area contributed by atoms with E-state index in [0.29, 0.717) is 35.2 Å². The second kappa shape index (κ2) is 12.7. The van der Waals surface area contributed by atoms with Crippen LogP contribution in [0.5, 0.6) is 11.5 Å². The molecule has 43 heavy (non-hydrogen) atoms. The number of para-hydroxylation sites is 1. The number of benzene rings is 2. The lowest BCUT2D eigenvalue weighted by molar-refractivity contribution is 0.146. The van der Waals surface area contributed by atoms with Crippen LogP contribution in [0.1, 0.15) is 36.1 Å². The summed E-state index contributed by atoms with van der Waals surface area (Å²) in [6.07, 6.45) is 8.19. The van der Waals surface area contributed by atoms with Gasteiger partial charge in [0, 0.05) is 47.6 Å². The first-order chi connectivity index (χ1) is 21.1. The van der Waals surface area contributed by atoms with Crippen molar-refractivity contribution in [1.82, 2.24) is 24.7 Å². The monoisotopic (exact) mass is 586 g/mol. The summed E-state index contributed by atoms with van der Waals surface area (Å²) >= 11 is 0. The van der Waals surface area contributed by atoms with E-state index in [-0.39, 0.29) is 24.5 Å². The maximum Gasteiger partial charge on any atom is 0.182 e. The number of fused-ring (bicyclic) bond motifs is 2. The van der Waals surface area contributed by atoms with Crippen LogP contribution >= 0.6 is 0 Å². The summed E-state index contributed by atoms with van der Waals surface area (Å²) in [6, 6.07) is 11.8. The van der Waals surface area contributed by atoms with E-state index in [9.17, 15) is 0 Å². The van der Waals surface area contributed by atoms with Crippen LogP contribution in [0.3, 0.4) is 0 Å². The molecule has 3 heterocycles. The minimum absolute atomic E-state index is 0.103. The number of nitrogens with zero attached hydrogens (tertiary/aromatic N) is 5. The van der Waals surface area contributed by atoms with Crippen molar-refractivity contribution in [3.63, 3.8) is 0 Å². The Morgan fingerprint density at radius 1 is 0.953 bits per heavy atom. The number of ether oxygens (including phenoxy) is 3. The zero-order valence-electron chi connectivity index (χ0n) is 24.1. The number of rotatable bonds is 10. The molecule has 0 aliphatic heterocycles. The number of aryl methyl sites for hydroxylation is 1. The van der Waals surface area contributed by atoms with Crippen LogP contribution in [0.2, 0.25) is 0 Å². The maximum absolute atomic E-state index is 15.1. The zero-order valence-corrected chi connectivity index (χ0v) is 24.1. The molecule has 6 rings (SSSR count). The highest BCUT2D eigenvalue weighted by atomic mass is 19.1. The van der Waals surface area contributed by atoms with Gasteiger partial charge in [0.25, 0.3) is 0 Å². The third kappa shape index (κ3) is 5.98. The maximum atomic E-state index is 15.1. The second-order valence-electron chi connectivity index (χ2n) is 10.3. The van der Waals surface area contributed by atoms with Gasteiger partial charge in [-0.3, -0.25) is 9.67 Å². The van der Waals surface area contributed by atoms with Crippen molar-refractivity contribution in [2.24, 2.45) is 0 Å². The largest absolute Gasteiger partial charge is 0.493 e. The minimum atomic E-state index is -0.715. The summed E-state index contributed by atoms with van der Waals surface area (Å²) in [5.74, 6) is 0.394. The Kier molecular flexibility index (Phi) is 8.41. The number of nitrogens with one attached hydrogen (secondary N) is 1. The molecule has 3 aromatic heterocycles. The molecule has 11 heteroatoms. The Hall–Kier alpha value is -4.64. The Morgan fingerprint density at radius 2 is 1.77 bits per heavy atom. The first kappa shape index (κ1) is 28.5. The Bertz CT molecular complexity index is 1740. The number of hydrogen-bond donors (Lipinski definition) is 1. The first-order valence-corrected chi connectivity index (χ1v) is 14.3. The summed E-state index contributed by atoms with van der Waals surface area (Å²) in [4.78, 5) is 14.1. The van der Waals surface area contributed by atoms with E-state index in [1.807, 2.05) is 30.3 Å². The van der Waals surface area contributed by atoms with E-state index in [1.165, 1.54) is 19.2 Å². The van der Waals surface area contributed by atoms with E-state index < -0.39 is 11.6 Å². The van der Waals surface area contributed by atoms with Gasteiger partial charge in [-0.1, -0.05) is 24.6 Å². The van der Waals surface area contributed by atoms with E-state index in [2.05, 4.69) is 10.3 Å². The molecule has 0 radical (unpaired) electrons. The zero-order chi connectivity index (χ0) is 29.8. The average molecular weight is 587 g/mol. The smallest absolute Gasteiger partial charge is 0.182 e. The molecule has 1 aliphatic rings. The van der Waals surface area contributed by atoms with Crippen molar-refractivity contribution in [1.29, 1.82) is 0 Å². The molecule has 0 saturated carbocycles. The number of methoxy groups -OCH3 is 2. The van der Waals surface area contributed by atoms with Crippen LogP contribution in [0.4, 0.5) is 20.3 Å². The van der Waals surface area contributed by atoms with Gasteiger partial charge in [-0.2, -0.15) is 5.10 Å². The van der Waals surface area contributed by atoms with Gasteiger partial charge in [0.1, 0.15) is 35.5 Å². The van der Waals surface area contributed by atoms with Crippen LogP contribution in [0, 0.1) is 11.6 Å². The van der Waals surface area contributed by atoms with Gasteiger partial charge >= 0.3 is 0 Å². The van der Waals surface area contributed by atoms with Crippen molar-refractivity contribution in [3.8, 4) is 23.0 Å². The molecule has 0 unspecified atom stereocenters. The molecule has 0 spiro atoms. The van der Waals surface area contributed by atoms with Crippen LogP contribution in [-0.4, -0.2) is 52.2 Å². The summed E-state index contributed by atoms with van der Waals surface area (Å²) in [7, 11) is 3.13. The van der Waals surface area contributed by atoms with Gasteiger partial charge in [-0.25, -0.2) is 18.7 Å². The van der Waals surface area contributed by atoms with Crippen molar-refractivity contribution < 1.29 is 23.0 Å². The van der Waals surface area contributed by atoms with Gasteiger partial charge in [0.05, 0.1) is 37.7 Å². The van der Waals surface area contributed by atoms with Gasteiger partial charge < -0.3 is 19.5 Å².